The first-order chi connectivity index (χ1) is 34.2. The number of allylic oxidation sites excluding steroid dienone is 1. The number of ether oxygens (including phenoxy) is 5. The van der Waals surface area contributed by atoms with Crippen LogP contribution in [0.5, 0.6) is 11.5 Å². The maximum atomic E-state index is 14.0. The fourth-order valence-electron chi connectivity index (χ4n) is 14.7. The molecule has 1 aliphatic heterocycles. The zero-order valence-corrected chi connectivity index (χ0v) is 43.9. The summed E-state index contributed by atoms with van der Waals surface area (Å²) in [4.78, 5) is 40.5. The molecule has 0 aromatic heterocycles. The van der Waals surface area contributed by atoms with Gasteiger partial charge in [-0.1, -0.05) is 120 Å². The molecule has 71 heavy (non-hydrogen) atoms. The predicted octanol–water partition coefficient (Wildman–Crippen LogP) is 13.4. The molecular formula is C61H83NO9. The average molecular weight is 974 g/mol. The molecule has 386 valence electrons. The number of benzene rings is 3. The highest BCUT2D eigenvalue weighted by Crippen LogP contribution is 2.67. The summed E-state index contributed by atoms with van der Waals surface area (Å²) in [5.41, 5.74) is 3.79. The lowest BCUT2D eigenvalue weighted by Crippen LogP contribution is -2.51. The number of aliphatic carboxylic acids is 1. The fourth-order valence-corrected chi connectivity index (χ4v) is 14.7. The summed E-state index contributed by atoms with van der Waals surface area (Å²) < 4.78 is 30.7. The van der Waals surface area contributed by atoms with Crippen LogP contribution in [0.15, 0.2) is 90.5 Å². The summed E-state index contributed by atoms with van der Waals surface area (Å²) >= 11 is 0. The van der Waals surface area contributed by atoms with Crippen LogP contribution in [0.2, 0.25) is 0 Å². The second kappa shape index (κ2) is 22.9. The molecule has 4 fully saturated rings. The standard InChI is InChI=1S/C61H83NO9/c1-41(2)12-11-13-42(3)52-26-27-53-51-25-20-47-40-50(30-35-59(47,4)54(51)31-36-60(52,53)5)70-58(66)62-37-32-43(33-38-62)55(71-57(65)29-28-56(63)64)34-39-69-61(44-14-9-8-10-15-44,45-16-21-48(67-6)22-17-45)46-18-23-49(68-7)24-19-46/h8-10,14-24,41-43,50-55H,11-13,25-40H2,1-7H3,(H,63,64)/t42-,50?,51?,52-,53?,54?,55?,59+,60-/m1/s1. The Balaban J connectivity index is 0.910. The fraction of sp³-hybridized carbons (Fsp3) is 0.623. The van der Waals surface area contributed by atoms with Gasteiger partial charge in [0.15, 0.2) is 0 Å². The minimum absolute atomic E-state index is 0.0687. The highest BCUT2D eigenvalue weighted by Gasteiger charge is 2.59. The Morgan fingerprint density at radius 2 is 1.39 bits per heavy atom. The SMILES string of the molecule is COc1ccc(C(OCCC(OC(=O)CCC(=O)O)C2CCN(C(=O)OC3CC[C@@]4(C)C(=CCC5C4CC[C@@]4(C)C5CC[C@@H]4[C@H](C)CCCC(C)C)C3)CC2)(c2ccccc2)c2ccc(OC)cc2)cc1. The molecule has 1 amide bonds. The van der Waals surface area contributed by atoms with Gasteiger partial charge in [-0.2, -0.15) is 0 Å². The molecule has 4 aliphatic carbocycles. The predicted molar refractivity (Wildman–Crippen MR) is 277 cm³/mol. The Labute approximate surface area is 424 Å². The van der Waals surface area contributed by atoms with Crippen LogP contribution in [-0.4, -0.2) is 74.2 Å². The van der Waals surface area contributed by atoms with Crippen molar-refractivity contribution in [2.75, 3.05) is 33.9 Å². The topological polar surface area (TPSA) is 121 Å². The smallest absolute Gasteiger partial charge is 0.410 e. The van der Waals surface area contributed by atoms with E-state index in [-0.39, 0.29) is 43.0 Å². The number of rotatable bonds is 20. The van der Waals surface area contributed by atoms with Crippen LogP contribution in [0.3, 0.4) is 0 Å². The van der Waals surface area contributed by atoms with Gasteiger partial charge < -0.3 is 33.7 Å². The minimum Gasteiger partial charge on any atom is -0.497 e. The Bertz CT molecular complexity index is 2220. The van der Waals surface area contributed by atoms with Crippen LogP contribution < -0.4 is 9.47 Å². The van der Waals surface area contributed by atoms with Crippen molar-refractivity contribution in [1.29, 1.82) is 0 Å². The number of esters is 1. The molecule has 3 aromatic rings. The number of likely N-dealkylation sites (tertiary alicyclic amines) is 1. The molecule has 0 spiro atoms. The zero-order valence-electron chi connectivity index (χ0n) is 43.9. The van der Waals surface area contributed by atoms with Crippen molar-refractivity contribution in [2.45, 2.75) is 155 Å². The van der Waals surface area contributed by atoms with Crippen LogP contribution in [0, 0.1) is 52.3 Å². The average Bonchev–Trinajstić information content (AvgIpc) is 3.74. The summed E-state index contributed by atoms with van der Waals surface area (Å²) in [6.45, 7) is 13.6. The molecule has 0 bridgehead atoms. The number of carbonyl (C=O) groups excluding carboxylic acids is 2. The van der Waals surface area contributed by atoms with E-state index in [0.29, 0.717) is 43.7 Å². The van der Waals surface area contributed by atoms with Gasteiger partial charge in [0.25, 0.3) is 0 Å². The monoisotopic (exact) mass is 974 g/mol. The molecule has 8 rings (SSSR count). The Morgan fingerprint density at radius 3 is 2.01 bits per heavy atom. The molecule has 0 radical (unpaired) electrons. The summed E-state index contributed by atoms with van der Waals surface area (Å²) in [6, 6.07) is 25.8. The largest absolute Gasteiger partial charge is 0.497 e. The number of amides is 1. The number of carboxylic acid groups (broad SMARTS) is 1. The third kappa shape index (κ3) is 11.4. The molecule has 1 heterocycles. The molecule has 1 N–H and O–H groups in total. The molecule has 10 heteroatoms. The van der Waals surface area contributed by atoms with Gasteiger partial charge in [-0.3, -0.25) is 9.59 Å². The van der Waals surface area contributed by atoms with Crippen molar-refractivity contribution < 1.29 is 43.2 Å². The van der Waals surface area contributed by atoms with Crippen LogP contribution in [0.1, 0.15) is 154 Å². The van der Waals surface area contributed by atoms with E-state index in [4.69, 9.17) is 23.7 Å². The summed E-state index contributed by atoms with van der Waals surface area (Å²) in [5, 5.41) is 9.38. The van der Waals surface area contributed by atoms with Crippen molar-refractivity contribution in [1.82, 2.24) is 4.90 Å². The van der Waals surface area contributed by atoms with Crippen LogP contribution in [0.4, 0.5) is 4.79 Å². The van der Waals surface area contributed by atoms with E-state index in [2.05, 4.69) is 40.7 Å². The minimum atomic E-state index is -1.06. The Morgan fingerprint density at radius 1 is 0.746 bits per heavy atom. The van der Waals surface area contributed by atoms with Gasteiger partial charge in [0.2, 0.25) is 0 Å². The van der Waals surface area contributed by atoms with E-state index in [1.165, 1.54) is 56.9 Å². The molecular weight excluding hydrogens is 891 g/mol. The van der Waals surface area contributed by atoms with Gasteiger partial charge in [-0.25, -0.2) is 4.79 Å². The quantitative estimate of drug-likeness (QED) is 0.0670. The highest BCUT2D eigenvalue weighted by atomic mass is 16.6. The molecule has 5 unspecified atom stereocenters. The highest BCUT2D eigenvalue weighted by molar-refractivity contribution is 5.76. The van der Waals surface area contributed by atoms with Gasteiger partial charge in [-0.15, -0.1) is 0 Å². The maximum Gasteiger partial charge on any atom is 0.410 e. The van der Waals surface area contributed by atoms with Crippen LogP contribution in [0.25, 0.3) is 0 Å². The lowest BCUT2D eigenvalue weighted by Gasteiger charge is -2.58. The Hall–Kier alpha value is -4.83. The number of fused-ring (bicyclic) bond motifs is 5. The van der Waals surface area contributed by atoms with Crippen molar-refractivity contribution in [3.05, 3.63) is 107 Å². The van der Waals surface area contributed by atoms with Gasteiger partial charge in [0.05, 0.1) is 33.7 Å². The number of methoxy groups -OCH3 is 2. The molecule has 5 aliphatic rings. The van der Waals surface area contributed by atoms with Crippen molar-refractivity contribution in [3.8, 4) is 11.5 Å². The third-order valence-corrected chi connectivity index (χ3v) is 18.6. The van der Waals surface area contributed by atoms with Gasteiger partial charge in [0, 0.05) is 25.9 Å². The van der Waals surface area contributed by atoms with Gasteiger partial charge >= 0.3 is 18.0 Å². The second-order valence-electron chi connectivity index (χ2n) is 22.9. The first-order valence-electron chi connectivity index (χ1n) is 27.2. The van der Waals surface area contributed by atoms with E-state index >= 15 is 0 Å². The summed E-state index contributed by atoms with van der Waals surface area (Å²) in [6.07, 6.45) is 16.2. The second-order valence-corrected chi connectivity index (χ2v) is 22.9. The first-order valence-corrected chi connectivity index (χ1v) is 27.2. The van der Waals surface area contributed by atoms with Gasteiger partial charge in [0.1, 0.15) is 29.3 Å². The van der Waals surface area contributed by atoms with E-state index in [1.807, 2.05) is 83.8 Å². The number of hydrogen-bond acceptors (Lipinski definition) is 8. The van der Waals surface area contributed by atoms with Crippen LogP contribution >= 0.6 is 0 Å². The van der Waals surface area contributed by atoms with E-state index < -0.39 is 23.6 Å². The zero-order chi connectivity index (χ0) is 50.3. The van der Waals surface area contributed by atoms with Crippen molar-refractivity contribution >= 4 is 18.0 Å². The number of nitrogens with zero attached hydrogens (tertiary/aromatic N) is 1. The molecule has 3 saturated carbocycles. The van der Waals surface area contributed by atoms with Crippen LogP contribution in [-0.2, 0) is 29.4 Å². The molecule has 3 aromatic carbocycles. The normalized spacial score (nSPS) is 27.4. The molecule has 10 nitrogen and oxygen atoms in total. The lowest BCUT2D eigenvalue weighted by atomic mass is 9.47. The maximum absolute atomic E-state index is 14.0. The first kappa shape index (κ1) is 52.5. The van der Waals surface area contributed by atoms with E-state index in [1.54, 1.807) is 14.2 Å². The number of carboxylic acids is 1. The van der Waals surface area contributed by atoms with Crippen molar-refractivity contribution in [3.63, 3.8) is 0 Å². The summed E-state index contributed by atoms with van der Waals surface area (Å²) in [7, 11) is 3.28. The lowest BCUT2D eigenvalue weighted by molar-refractivity contribution is -0.157. The van der Waals surface area contributed by atoms with E-state index in [0.717, 1.165) is 77.0 Å². The van der Waals surface area contributed by atoms with Gasteiger partial charge in [-0.05, 0) is 151 Å². The van der Waals surface area contributed by atoms with Crippen molar-refractivity contribution in [2.24, 2.45) is 52.3 Å². The number of carbonyl (C=O) groups is 3. The van der Waals surface area contributed by atoms with E-state index in [9.17, 15) is 19.5 Å². The molecule has 9 atom stereocenters. The Kier molecular flexibility index (Phi) is 17.0. The summed E-state index contributed by atoms with van der Waals surface area (Å²) in [5.74, 6) is 4.49. The number of piperidine rings is 1. The number of hydrogen-bond donors (Lipinski definition) is 1. The third-order valence-electron chi connectivity index (χ3n) is 18.6. The molecule has 1 saturated heterocycles.